The van der Waals surface area contributed by atoms with Gasteiger partial charge < -0.3 is 4.84 Å². The molecular formula is C16H23NO2. The summed E-state index contributed by atoms with van der Waals surface area (Å²) >= 11 is 0. The molecule has 0 spiro atoms. The first kappa shape index (κ1) is 15.4. The molecule has 0 aliphatic heterocycles. The van der Waals surface area contributed by atoms with Gasteiger partial charge in [-0.25, -0.2) is 4.79 Å². The fourth-order valence-electron chi connectivity index (χ4n) is 1.47. The fourth-order valence-corrected chi connectivity index (χ4v) is 1.47. The number of rotatable bonds is 4. The molecule has 1 aromatic carbocycles. The second-order valence-corrected chi connectivity index (χ2v) is 6.05. The van der Waals surface area contributed by atoms with Gasteiger partial charge in [-0.2, -0.15) is 0 Å². The van der Waals surface area contributed by atoms with Crippen LogP contribution in [0.25, 0.3) is 0 Å². The minimum Gasteiger partial charge on any atom is -0.318 e. The second kappa shape index (κ2) is 6.50. The molecule has 1 rings (SSSR count). The predicted octanol–water partition coefficient (Wildman–Crippen LogP) is 3.75. The van der Waals surface area contributed by atoms with Crippen LogP contribution in [-0.4, -0.2) is 12.2 Å². The van der Waals surface area contributed by atoms with Gasteiger partial charge in [0.1, 0.15) is 0 Å². The first-order valence-electron chi connectivity index (χ1n) is 6.59. The third-order valence-electron chi connectivity index (χ3n) is 2.74. The summed E-state index contributed by atoms with van der Waals surface area (Å²) in [5.41, 5.74) is 1.99. The van der Waals surface area contributed by atoms with Gasteiger partial charge in [-0.05, 0) is 45.6 Å². The molecule has 0 saturated carbocycles. The zero-order valence-electron chi connectivity index (χ0n) is 12.4. The summed E-state index contributed by atoms with van der Waals surface area (Å²) in [4.78, 5) is 16.4. The lowest BCUT2D eigenvalue weighted by Crippen LogP contribution is -2.21. The molecule has 0 aliphatic carbocycles. The van der Waals surface area contributed by atoms with Crippen molar-refractivity contribution in [2.75, 3.05) is 0 Å². The van der Waals surface area contributed by atoms with Crippen LogP contribution in [0.5, 0.6) is 0 Å². The summed E-state index contributed by atoms with van der Waals surface area (Å²) in [5, 5.41) is 3.78. The van der Waals surface area contributed by atoms with Crippen molar-refractivity contribution in [2.24, 2.45) is 16.5 Å². The molecule has 0 aliphatic rings. The Kier molecular flexibility index (Phi) is 5.28. The first-order chi connectivity index (χ1) is 8.79. The SMILES string of the molecule is Cc1ccc(CC(C)C=NOC(=O)C(C)(C)C)cc1. The van der Waals surface area contributed by atoms with E-state index in [9.17, 15) is 4.79 Å². The quantitative estimate of drug-likeness (QED) is 0.470. The van der Waals surface area contributed by atoms with Crippen LogP contribution in [0.4, 0.5) is 0 Å². The minimum absolute atomic E-state index is 0.232. The molecule has 3 nitrogen and oxygen atoms in total. The molecule has 1 atom stereocenters. The van der Waals surface area contributed by atoms with Crippen molar-refractivity contribution in [3.63, 3.8) is 0 Å². The number of aryl methyl sites for hydroxylation is 1. The molecule has 0 saturated heterocycles. The maximum Gasteiger partial charge on any atom is 0.340 e. The summed E-state index contributed by atoms with van der Waals surface area (Å²) < 4.78 is 0. The molecule has 0 heterocycles. The summed E-state index contributed by atoms with van der Waals surface area (Å²) in [6.45, 7) is 9.54. The highest BCUT2D eigenvalue weighted by Crippen LogP contribution is 2.15. The Bertz CT molecular complexity index is 441. The summed E-state index contributed by atoms with van der Waals surface area (Å²) in [7, 11) is 0. The average molecular weight is 261 g/mol. The maximum absolute atomic E-state index is 11.5. The molecule has 1 aromatic rings. The lowest BCUT2D eigenvalue weighted by Gasteiger charge is -2.13. The normalized spacial score (nSPS) is 13.5. The smallest absolute Gasteiger partial charge is 0.318 e. The Morgan fingerprint density at radius 2 is 1.89 bits per heavy atom. The first-order valence-corrected chi connectivity index (χ1v) is 6.59. The van der Waals surface area contributed by atoms with E-state index in [0.29, 0.717) is 0 Å². The third-order valence-corrected chi connectivity index (χ3v) is 2.74. The standard InChI is InChI=1S/C16H23NO2/c1-12-6-8-14(9-7-12)10-13(2)11-17-19-15(18)16(3,4)5/h6-9,11,13H,10H2,1-5H3. The Balaban J connectivity index is 2.45. The largest absolute Gasteiger partial charge is 0.340 e. The fraction of sp³-hybridized carbons (Fsp3) is 0.500. The van der Waals surface area contributed by atoms with E-state index in [0.717, 1.165) is 6.42 Å². The van der Waals surface area contributed by atoms with E-state index in [-0.39, 0.29) is 11.9 Å². The van der Waals surface area contributed by atoms with Crippen LogP contribution >= 0.6 is 0 Å². The molecule has 0 bridgehead atoms. The Morgan fingerprint density at radius 3 is 2.42 bits per heavy atom. The number of hydrogen-bond donors (Lipinski definition) is 0. The lowest BCUT2D eigenvalue weighted by molar-refractivity contribution is -0.152. The molecule has 0 N–H and O–H groups in total. The van der Waals surface area contributed by atoms with Crippen molar-refractivity contribution in [2.45, 2.75) is 41.0 Å². The van der Waals surface area contributed by atoms with E-state index < -0.39 is 5.41 Å². The highest BCUT2D eigenvalue weighted by Gasteiger charge is 2.23. The molecule has 104 valence electrons. The third kappa shape index (κ3) is 5.69. The van der Waals surface area contributed by atoms with Gasteiger partial charge in [0.15, 0.2) is 0 Å². The number of oxime groups is 1. The average Bonchev–Trinajstić information content (AvgIpc) is 2.31. The van der Waals surface area contributed by atoms with Gasteiger partial charge in [0.05, 0.1) is 5.41 Å². The van der Waals surface area contributed by atoms with E-state index in [1.165, 1.54) is 11.1 Å². The maximum atomic E-state index is 11.5. The molecular weight excluding hydrogens is 238 g/mol. The van der Waals surface area contributed by atoms with E-state index in [4.69, 9.17) is 4.84 Å². The predicted molar refractivity (Wildman–Crippen MR) is 78.1 cm³/mol. The number of carbonyl (C=O) groups is 1. The van der Waals surface area contributed by atoms with Crippen LogP contribution in [0.15, 0.2) is 29.4 Å². The highest BCUT2D eigenvalue weighted by atomic mass is 16.7. The van der Waals surface area contributed by atoms with Crippen LogP contribution in [-0.2, 0) is 16.1 Å². The van der Waals surface area contributed by atoms with Crippen molar-refractivity contribution < 1.29 is 9.63 Å². The highest BCUT2D eigenvalue weighted by molar-refractivity contribution is 5.76. The van der Waals surface area contributed by atoms with Crippen LogP contribution < -0.4 is 0 Å². The number of carbonyl (C=O) groups excluding carboxylic acids is 1. The topological polar surface area (TPSA) is 38.7 Å². The van der Waals surface area contributed by atoms with Crippen LogP contribution in [0, 0.1) is 18.3 Å². The number of hydrogen-bond acceptors (Lipinski definition) is 3. The zero-order valence-corrected chi connectivity index (χ0v) is 12.4. The van der Waals surface area contributed by atoms with Gasteiger partial charge in [0.25, 0.3) is 0 Å². The summed E-state index contributed by atoms with van der Waals surface area (Å²) in [6.07, 6.45) is 2.57. The van der Waals surface area contributed by atoms with E-state index in [1.54, 1.807) is 27.0 Å². The number of benzene rings is 1. The minimum atomic E-state index is -0.516. The van der Waals surface area contributed by atoms with Gasteiger partial charge in [-0.3, -0.25) is 0 Å². The second-order valence-electron chi connectivity index (χ2n) is 6.05. The zero-order chi connectivity index (χ0) is 14.5. The molecule has 0 radical (unpaired) electrons. The van der Waals surface area contributed by atoms with Crippen molar-refractivity contribution >= 4 is 12.2 Å². The lowest BCUT2D eigenvalue weighted by atomic mass is 9.98. The van der Waals surface area contributed by atoms with Crippen molar-refractivity contribution in [3.05, 3.63) is 35.4 Å². The van der Waals surface area contributed by atoms with Gasteiger partial charge in [-0.15, -0.1) is 0 Å². The Hall–Kier alpha value is -1.64. The summed E-state index contributed by atoms with van der Waals surface area (Å²) in [5.74, 6) is -0.0817. The Morgan fingerprint density at radius 1 is 1.32 bits per heavy atom. The molecule has 3 heteroatoms. The van der Waals surface area contributed by atoms with E-state index >= 15 is 0 Å². The van der Waals surface area contributed by atoms with Crippen LogP contribution in [0.3, 0.4) is 0 Å². The molecule has 19 heavy (non-hydrogen) atoms. The number of nitrogens with zero attached hydrogens (tertiary/aromatic N) is 1. The monoisotopic (exact) mass is 261 g/mol. The van der Waals surface area contributed by atoms with Gasteiger partial charge >= 0.3 is 5.97 Å². The van der Waals surface area contributed by atoms with Crippen molar-refractivity contribution in [1.29, 1.82) is 0 Å². The van der Waals surface area contributed by atoms with Crippen LogP contribution in [0.2, 0.25) is 0 Å². The molecule has 0 fully saturated rings. The van der Waals surface area contributed by atoms with Crippen LogP contribution in [0.1, 0.15) is 38.8 Å². The van der Waals surface area contributed by atoms with Gasteiger partial charge in [-0.1, -0.05) is 41.9 Å². The van der Waals surface area contributed by atoms with Crippen molar-refractivity contribution in [1.82, 2.24) is 0 Å². The van der Waals surface area contributed by atoms with Gasteiger partial charge in [0.2, 0.25) is 0 Å². The molecule has 0 aromatic heterocycles. The molecule has 1 unspecified atom stereocenters. The van der Waals surface area contributed by atoms with E-state index in [2.05, 4.69) is 36.3 Å². The Labute approximate surface area is 115 Å². The van der Waals surface area contributed by atoms with Crippen molar-refractivity contribution in [3.8, 4) is 0 Å². The van der Waals surface area contributed by atoms with Gasteiger partial charge in [0, 0.05) is 6.21 Å². The summed E-state index contributed by atoms with van der Waals surface area (Å²) in [6, 6.07) is 8.42. The molecule has 0 amide bonds. The van der Waals surface area contributed by atoms with E-state index in [1.807, 2.05) is 6.92 Å².